The number of aromatic nitrogens is 2. The Morgan fingerprint density at radius 3 is 2.54 bits per heavy atom. The van der Waals surface area contributed by atoms with E-state index < -0.39 is 6.03 Å². The van der Waals surface area contributed by atoms with Gasteiger partial charge in [-0.1, -0.05) is 40.5 Å². The molecule has 0 bridgehead atoms. The van der Waals surface area contributed by atoms with Gasteiger partial charge < -0.3 is 9.42 Å². The number of urea groups is 1. The highest BCUT2D eigenvalue weighted by atomic mass is 35.5. The lowest BCUT2D eigenvalue weighted by Gasteiger charge is -2.17. The number of amides is 2. The van der Waals surface area contributed by atoms with Gasteiger partial charge in [0.15, 0.2) is 0 Å². The Balaban J connectivity index is 1.41. The minimum atomic E-state index is -0.436. The first kappa shape index (κ1) is 18.0. The number of pyridine rings is 1. The molecule has 9 heteroatoms. The highest BCUT2D eigenvalue weighted by molar-refractivity contribution is 6.39. The van der Waals surface area contributed by atoms with Crippen LogP contribution < -0.4 is 5.48 Å². The van der Waals surface area contributed by atoms with Crippen LogP contribution >= 0.6 is 23.2 Å². The van der Waals surface area contributed by atoms with E-state index in [1.807, 2.05) is 0 Å². The van der Waals surface area contributed by atoms with Crippen molar-refractivity contribution in [2.45, 2.75) is 18.8 Å². The number of nitrogens with zero attached hydrogens (tertiary/aromatic N) is 3. The zero-order chi connectivity index (χ0) is 19.4. The summed E-state index contributed by atoms with van der Waals surface area (Å²) in [6.07, 6.45) is 9.52. The van der Waals surface area contributed by atoms with Crippen molar-refractivity contribution in [2.75, 3.05) is 13.1 Å². The smallest absolute Gasteiger partial charge is 0.341 e. The average molecular weight is 421 g/mol. The van der Waals surface area contributed by atoms with Gasteiger partial charge in [0.1, 0.15) is 11.5 Å². The Morgan fingerprint density at radius 2 is 1.93 bits per heavy atom. The number of rotatable bonds is 4. The van der Waals surface area contributed by atoms with Crippen molar-refractivity contribution in [1.29, 1.82) is 0 Å². The summed E-state index contributed by atoms with van der Waals surface area (Å²) < 4.78 is 5.67. The molecule has 2 saturated carbocycles. The summed E-state index contributed by atoms with van der Waals surface area (Å²) >= 11 is 12.7. The van der Waals surface area contributed by atoms with Crippen LogP contribution in [-0.4, -0.2) is 39.4 Å². The largest absolute Gasteiger partial charge is 0.360 e. The number of carbonyl (C=O) groups is 1. The highest BCUT2D eigenvalue weighted by Gasteiger charge is 2.55. The average Bonchev–Trinajstić information content (AvgIpc) is 3.55. The molecule has 2 aromatic heterocycles. The molecule has 2 unspecified atom stereocenters. The molecule has 7 nitrogen and oxygen atoms in total. The molecule has 2 N–H and O–H groups in total. The van der Waals surface area contributed by atoms with Gasteiger partial charge in [-0.2, -0.15) is 0 Å². The highest BCUT2D eigenvalue weighted by Crippen LogP contribution is 2.53. The molecule has 2 atom stereocenters. The number of allylic oxidation sites excluding steroid dienone is 1. The minimum Gasteiger partial charge on any atom is -0.360 e. The Hall–Kier alpha value is -2.09. The first-order valence-electron chi connectivity index (χ1n) is 9.24. The first-order chi connectivity index (χ1) is 13.6. The van der Waals surface area contributed by atoms with E-state index in [0.717, 1.165) is 24.2 Å². The second-order valence-electron chi connectivity index (χ2n) is 7.65. The fourth-order valence-electron chi connectivity index (χ4n) is 4.23. The van der Waals surface area contributed by atoms with E-state index in [-0.39, 0.29) is 0 Å². The molecule has 3 heterocycles. The Bertz CT molecular complexity index is 940. The number of likely N-dealkylation sites (tertiary alicyclic amines) is 1. The van der Waals surface area contributed by atoms with Crippen LogP contribution in [0.3, 0.4) is 0 Å². The van der Waals surface area contributed by atoms with Crippen molar-refractivity contribution in [1.82, 2.24) is 20.5 Å². The quantitative estimate of drug-likeness (QED) is 0.570. The summed E-state index contributed by atoms with van der Waals surface area (Å²) in [6.45, 7) is 1.31. The summed E-state index contributed by atoms with van der Waals surface area (Å²) in [5.41, 5.74) is 3.90. The number of piperidine rings is 1. The van der Waals surface area contributed by atoms with Crippen LogP contribution in [-0.2, 0) is 0 Å². The van der Waals surface area contributed by atoms with Gasteiger partial charge in [0.25, 0.3) is 0 Å². The number of halogens is 2. The van der Waals surface area contributed by atoms with Gasteiger partial charge in [-0.15, -0.1) is 0 Å². The van der Waals surface area contributed by atoms with Crippen molar-refractivity contribution in [2.24, 2.45) is 17.8 Å². The van der Waals surface area contributed by atoms with E-state index in [0.29, 0.717) is 58.1 Å². The van der Waals surface area contributed by atoms with E-state index in [2.05, 4.69) is 22.3 Å². The number of carbonyl (C=O) groups excluding carboxylic acids is 1. The van der Waals surface area contributed by atoms with E-state index in [9.17, 15) is 4.79 Å². The molecule has 0 radical (unpaired) electrons. The molecule has 0 spiro atoms. The SMILES string of the molecule is O=C(NO)N1CC2C(/C=C/c3c(-c4c(Cl)cncc4Cl)noc3C3CC3)C2C1. The number of nitrogens with one attached hydrogen (secondary N) is 1. The van der Waals surface area contributed by atoms with Gasteiger partial charge in [-0.05, 0) is 30.6 Å². The van der Waals surface area contributed by atoms with Gasteiger partial charge in [0.2, 0.25) is 0 Å². The van der Waals surface area contributed by atoms with Crippen molar-refractivity contribution in [3.63, 3.8) is 0 Å². The lowest BCUT2D eigenvalue weighted by molar-refractivity contribution is 0.132. The summed E-state index contributed by atoms with van der Waals surface area (Å²) in [7, 11) is 0. The fourth-order valence-corrected chi connectivity index (χ4v) is 4.77. The monoisotopic (exact) mass is 420 g/mol. The Labute approximate surface area is 171 Å². The lowest BCUT2D eigenvalue weighted by atomic mass is 10.0. The van der Waals surface area contributed by atoms with Gasteiger partial charge in [0.05, 0.1) is 10.0 Å². The van der Waals surface area contributed by atoms with E-state index in [1.54, 1.807) is 22.8 Å². The number of hydrogen-bond acceptors (Lipinski definition) is 5. The fraction of sp³-hybridized carbons (Fsp3) is 0.421. The molecule has 2 aromatic rings. The van der Waals surface area contributed by atoms with Crippen molar-refractivity contribution < 1.29 is 14.5 Å². The first-order valence-corrected chi connectivity index (χ1v) is 10.00. The van der Waals surface area contributed by atoms with Gasteiger partial charge >= 0.3 is 6.03 Å². The van der Waals surface area contributed by atoms with E-state index in [4.69, 9.17) is 32.9 Å². The van der Waals surface area contributed by atoms with Crippen molar-refractivity contribution in [3.8, 4) is 11.3 Å². The molecule has 1 aliphatic heterocycles. The molecule has 3 fully saturated rings. The summed E-state index contributed by atoms with van der Waals surface area (Å²) in [4.78, 5) is 17.2. The maximum atomic E-state index is 11.5. The second kappa shape index (κ2) is 6.76. The zero-order valence-corrected chi connectivity index (χ0v) is 16.3. The normalized spacial score (nSPS) is 26.0. The minimum absolute atomic E-state index is 0.391. The maximum absolute atomic E-state index is 11.5. The second-order valence-corrected chi connectivity index (χ2v) is 8.46. The van der Waals surface area contributed by atoms with Crippen LogP contribution in [0.1, 0.15) is 30.1 Å². The Kier molecular flexibility index (Phi) is 4.34. The molecule has 2 aliphatic carbocycles. The third kappa shape index (κ3) is 2.98. The third-order valence-corrected chi connectivity index (χ3v) is 6.50. The molecule has 0 aromatic carbocycles. The molecule has 146 valence electrons. The summed E-state index contributed by atoms with van der Waals surface area (Å²) in [6, 6.07) is -0.436. The Morgan fingerprint density at radius 1 is 1.25 bits per heavy atom. The van der Waals surface area contributed by atoms with Crippen LogP contribution in [0.2, 0.25) is 10.0 Å². The maximum Gasteiger partial charge on any atom is 0.341 e. The molecule has 28 heavy (non-hydrogen) atoms. The topological polar surface area (TPSA) is 91.5 Å². The molecule has 2 amide bonds. The predicted molar refractivity (Wildman–Crippen MR) is 103 cm³/mol. The van der Waals surface area contributed by atoms with Crippen LogP contribution in [0.5, 0.6) is 0 Å². The van der Waals surface area contributed by atoms with Crippen molar-refractivity contribution in [3.05, 3.63) is 39.8 Å². The lowest BCUT2D eigenvalue weighted by Crippen LogP contribution is -2.38. The van der Waals surface area contributed by atoms with Crippen LogP contribution in [0.4, 0.5) is 4.79 Å². The van der Waals surface area contributed by atoms with E-state index in [1.165, 1.54) is 0 Å². The molecule has 5 rings (SSSR count). The van der Waals surface area contributed by atoms with Crippen molar-refractivity contribution >= 4 is 35.3 Å². The number of hydrogen-bond donors (Lipinski definition) is 2. The zero-order valence-electron chi connectivity index (χ0n) is 14.8. The molecule has 1 saturated heterocycles. The summed E-state index contributed by atoms with van der Waals surface area (Å²) in [5.74, 6) is 2.52. The number of hydroxylamine groups is 1. The van der Waals surface area contributed by atoms with Gasteiger partial charge in [-0.25, -0.2) is 10.3 Å². The van der Waals surface area contributed by atoms with Gasteiger partial charge in [-0.3, -0.25) is 10.2 Å². The molecular weight excluding hydrogens is 403 g/mol. The summed E-state index contributed by atoms with van der Waals surface area (Å²) in [5, 5.41) is 13.9. The molecule has 3 aliphatic rings. The van der Waals surface area contributed by atoms with E-state index >= 15 is 0 Å². The van der Waals surface area contributed by atoms with Crippen LogP contribution in [0, 0.1) is 17.8 Å². The number of fused-ring (bicyclic) bond motifs is 1. The standard InChI is InChI=1S/C19H18Cl2N4O3/c20-14-5-22-6-15(21)16(14)17-11(18(28-24-17)9-1-2-9)4-3-10-12-7-25(8-13(10)12)19(26)23-27/h3-6,9-10,12-13,27H,1-2,7-8H2,(H,23,26)/b4-3+. The van der Waals surface area contributed by atoms with Crippen LogP contribution in [0.25, 0.3) is 17.3 Å². The third-order valence-electron chi connectivity index (χ3n) is 5.92. The van der Waals surface area contributed by atoms with Crippen LogP contribution in [0.15, 0.2) is 23.0 Å². The predicted octanol–water partition coefficient (Wildman–Crippen LogP) is 4.21. The molecular formula is C19H18Cl2N4O3. The van der Waals surface area contributed by atoms with Gasteiger partial charge in [0, 0.05) is 42.5 Å².